The quantitative estimate of drug-likeness (QED) is 0.926. The van der Waals surface area contributed by atoms with Crippen LogP contribution < -0.4 is 5.73 Å². The van der Waals surface area contributed by atoms with Crippen molar-refractivity contribution in [3.63, 3.8) is 0 Å². The largest absolute Gasteiger partial charge is 0.366 e. The summed E-state index contributed by atoms with van der Waals surface area (Å²) in [4.78, 5) is 30.4. The van der Waals surface area contributed by atoms with Crippen molar-refractivity contribution in [1.82, 2.24) is 15.0 Å². The number of primary amides is 1. The Labute approximate surface area is 138 Å². The van der Waals surface area contributed by atoms with Crippen LogP contribution in [0.4, 0.5) is 0 Å². The van der Waals surface area contributed by atoms with E-state index >= 15 is 0 Å². The van der Waals surface area contributed by atoms with Gasteiger partial charge in [-0.3, -0.25) is 9.59 Å². The third-order valence-corrected chi connectivity index (χ3v) is 4.59. The molecule has 7 heteroatoms. The zero-order valence-corrected chi connectivity index (χ0v) is 13.1. The first-order valence-corrected chi connectivity index (χ1v) is 8.18. The topological polar surface area (TPSA) is 102 Å². The van der Waals surface area contributed by atoms with Gasteiger partial charge in [-0.1, -0.05) is 11.2 Å². The number of nitrogens with two attached hydrogens (primary N) is 1. The maximum atomic E-state index is 12.8. The van der Waals surface area contributed by atoms with Gasteiger partial charge in [0.1, 0.15) is 0 Å². The number of aromatic nitrogens is 2. The van der Waals surface area contributed by atoms with Crippen LogP contribution >= 0.6 is 0 Å². The predicted octanol–water partition coefficient (Wildman–Crippen LogP) is 2.02. The maximum absolute atomic E-state index is 12.8. The lowest BCUT2D eigenvalue weighted by Gasteiger charge is -2.22. The molecule has 2 amide bonds. The third-order valence-electron chi connectivity index (χ3n) is 4.59. The summed E-state index contributed by atoms with van der Waals surface area (Å²) in [5.74, 6) is 0.964. The number of hydrogen-bond donors (Lipinski definition) is 1. The second-order valence-corrected chi connectivity index (χ2v) is 6.37. The molecule has 2 N–H and O–H groups in total. The lowest BCUT2D eigenvalue weighted by atomic mass is 10.1. The fourth-order valence-corrected chi connectivity index (χ4v) is 3.13. The minimum atomic E-state index is -0.546. The molecule has 2 fully saturated rings. The van der Waals surface area contributed by atoms with Gasteiger partial charge in [-0.15, -0.1) is 0 Å². The highest BCUT2D eigenvalue weighted by Crippen LogP contribution is 2.40. The molecule has 1 aliphatic carbocycles. The smallest absolute Gasteiger partial charge is 0.254 e. The number of carbonyl (C=O) groups is 2. The number of benzene rings is 1. The molecule has 0 spiro atoms. The standard InChI is InChI=1S/C17H18N4O3/c18-14(22)11-3-1-4-12(9-11)17(23)21-8-2-5-13(21)15-19-16(24-20-15)10-6-7-10/h1,3-4,9-10,13H,2,5-8H2,(H2,18,22). The highest BCUT2D eigenvalue weighted by atomic mass is 16.5. The van der Waals surface area contributed by atoms with E-state index in [2.05, 4.69) is 10.1 Å². The summed E-state index contributed by atoms with van der Waals surface area (Å²) in [6.07, 6.45) is 3.88. The highest BCUT2D eigenvalue weighted by Gasteiger charge is 2.36. The van der Waals surface area contributed by atoms with Crippen molar-refractivity contribution in [3.8, 4) is 0 Å². The Morgan fingerprint density at radius 2 is 2.00 bits per heavy atom. The average Bonchev–Trinajstić information content (AvgIpc) is 3.12. The molecule has 1 aliphatic heterocycles. The van der Waals surface area contributed by atoms with E-state index < -0.39 is 5.91 Å². The van der Waals surface area contributed by atoms with Crippen LogP contribution in [-0.2, 0) is 0 Å². The molecule has 0 bridgehead atoms. The molecular formula is C17H18N4O3. The Bertz CT molecular complexity index is 797. The van der Waals surface area contributed by atoms with Crippen LogP contribution in [0, 0.1) is 0 Å². The summed E-state index contributed by atoms with van der Waals surface area (Å²) in [5.41, 5.74) is 6.07. The van der Waals surface area contributed by atoms with E-state index in [-0.39, 0.29) is 11.9 Å². The molecule has 7 nitrogen and oxygen atoms in total. The van der Waals surface area contributed by atoms with E-state index in [1.165, 1.54) is 6.07 Å². The molecule has 2 aliphatic rings. The molecule has 4 rings (SSSR count). The zero-order valence-electron chi connectivity index (χ0n) is 13.1. The Balaban J connectivity index is 1.58. The Hall–Kier alpha value is -2.70. The van der Waals surface area contributed by atoms with Crippen LogP contribution in [0.2, 0.25) is 0 Å². The second kappa shape index (κ2) is 5.74. The van der Waals surface area contributed by atoms with Crippen molar-refractivity contribution < 1.29 is 14.1 Å². The van der Waals surface area contributed by atoms with Gasteiger partial charge >= 0.3 is 0 Å². The van der Waals surface area contributed by atoms with Crippen molar-refractivity contribution in [2.75, 3.05) is 6.54 Å². The van der Waals surface area contributed by atoms with Crippen LogP contribution in [-0.4, -0.2) is 33.4 Å². The lowest BCUT2D eigenvalue weighted by Crippen LogP contribution is -2.31. The van der Waals surface area contributed by atoms with Crippen LogP contribution in [0.1, 0.15) is 70.1 Å². The molecule has 2 aromatic rings. The Kier molecular flexibility index (Phi) is 3.55. The van der Waals surface area contributed by atoms with Gasteiger partial charge in [-0.25, -0.2) is 0 Å². The van der Waals surface area contributed by atoms with E-state index in [9.17, 15) is 9.59 Å². The molecule has 1 aromatic heterocycles. The number of carbonyl (C=O) groups excluding carboxylic acids is 2. The molecule has 1 aromatic carbocycles. The maximum Gasteiger partial charge on any atom is 0.254 e. The van der Waals surface area contributed by atoms with Gasteiger partial charge in [0.2, 0.25) is 11.8 Å². The highest BCUT2D eigenvalue weighted by molar-refractivity contribution is 5.99. The SMILES string of the molecule is NC(=O)c1cccc(C(=O)N2CCCC2c2noc(C3CC3)n2)c1. The van der Waals surface area contributed by atoms with Gasteiger partial charge in [0, 0.05) is 23.6 Å². The molecule has 124 valence electrons. The van der Waals surface area contributed by atoms with Crippen LogP contribution in [0.5, 0.6) is 0 Å². The van der Waals surface area contributed by atoms with Crippen LogP contribution in [0.3, 0.4) is 0 Å². The number of amides is 2. The van der Waals surface area contributed by atoms with E-state index in [4.69, 9.17) is 10.3 Å². The van der Waals surface area contributed by atoms with Gasteiger partial charge in [0.25, 0.3) is 5.91 Å². The van der Waals surface area contributed by atoms with E-state index in [0.717, 1.165) is 25.7 Å². The first kappa shape index (κ1) is 14.9. The zero-order chi connectivity index (χ0) is 16.7. The van der Waals surface area contributed by atoms with Gasteiger partial charge in [-0.2, -0.15) is 4.98 Å². The van der Waals surface area contributed by atoms with Crippen molar-refractivity contribution in [2.24, 2.45) is 5.73 Å². The Morgan fingerprint density at radius 1 is 1.21 bits per heavy atom. The summed E-state index contributed by atoms with van der Waals surface area (Å²) in [7, 11) is 0. The van der Waals surface area contributed by atoms with Gasteiger partial charge in [0.05, 0.1) is 6.04 Å². The molecule has 1 atom stereocenters. The minimum Gasteiger partial charge on any atom is -0.366 e. The number of hydrogen-bond acceptors (Lipinski definition) is 5. The number of likely N-dealkylation sites (tertiary alicyclic amines) is 1. The van der Waals surface area contributed by atoms with Crippen LogP contribution in [0.25, 0.3) is 0 Å². The molecule has 1 saturated carbocycles. The minimum absolute atomic E-state index is 0.140. The van der Waals surface area contributed by atoms with Crippen molar-refractivity contribution >= 4 is 11.8 Å². The van der Waals surface area contributed by atoms with E-state index in [1.807, 2.05) is 0 Å². The summed E-state index contributed by atoms with van der Waals surface area (Å²) in [5, 5.41) is 4.08. The first-order chi connectivity index (χ1) is 11.6. The normalized spacial score (nSPS) is 20.3. The molecule has 1 saturated heterocycles. The van der Waals surface area contributed by atoms with Crippen molar-refractivity contribution in [2.45, 2.75) is 37.6 Å². The Morgan fingerprint density at radius 3 is 2.75 bits per heavy atom. The van der Waals surface area contributed by atoms with Crippen molar-refractivity contribution in [3.05, 3.63) is 47.1 Å². The van der Waals surface area contributed by atoms with Gasteiger partial charge in [0.15, 0.2) is 5.82 Å². The molecular weight excluding hydrogens is 308 g/mol. The lowest BCUT2D eigenvalue weighted by molar-refractivity contribution is 0.0728. The van der Waals surface area contributed by atoms with Gasteiger partial charge < -0.3 is 15.2 Å². The van der Waals surface area contributed by atoms with Crippen molar-refractivity contribution in [1.29, 1.82) is 0 Å². The van der Waals surface area contributed by atoms with E-state index in [0.29, 0.717) is 35.3 Å². The summed E-state index contributed by atoms with van der Waals surface area (Å²) >= 11 is 0. The molecule has 2 heterocycles. The summed E-state index contributed by atoms with van der Waals surface area (Å²) in [6.45, 7) is 0.637. The number of rotatable bonds is 4. The molecule has 0 radical (unpaired) electrons. The fraction of sp³-hybridized carbons (Fsp3) is 0.412. The monoisotopic (exact) mass is 326 g/mol. The average molecular weight is 326 g/mol. The molecule has 24 heavy (non-hydrogen) atoms. The fourth-order valence-electron chi connectivity index (χ4n) is 3.13. The summed E-state index contributed by atoms with van der Waals surface area (Å²) < 4.78 is 5.33. The van der Waals surface area contributed by atoms with E-state index in [1.54, 1.807) is 23.1 Å². The second-order valence-electron chi connectivity index (χ2n) is 6.37. The predicted molar refractivity (Wildman–Crippen MR) is 84.2 cm³/mol. The van der Waals surface area contributed by atoms with Gasteiger partial charge in [-0.05, 0) is 43.9 Å². The molecule has 1 unspecified atom stereocenters. The third kappa shape index (κ3) is 2.66. The summed E-state index contributed by atoms with van der Waals surface area (Å²) in [6, 6.07) is 6.31. The van der Waals surface area contributed by atoms with Crippen LogP contribution in [0.15, 0.2) is 28.8 Å². The number of nitrogens with zero attached hydrogens (tertiary/aromatic N) is 3. The first-order valence-electron chi connectivity index (χ1n) is 8.18.